The fraction of sp³-hybridized carbons (Fsp3) is 0.0833. The van der Waals surface area contributed by atoms with Crippen LogP contribution in [0.4, 0.5) is 24.5 Å². The topological polar surface area (TPSA) is 101 Å². The third-order valence-corrected chi connectivity index (χ3v) is 5.36. The number of benzene rings is 3. The molecule has 172 valence electrons. The van der Waals surface area contributed by atoms with Crippen molar-refractivity contribution < 1.29 is 32.8 Å². The summed E-state index contributed by atoms with van der Waals surface area (Å²) >= 11 is 0. The predicted molar refractivity (Wildman–Crippen MR) is 116 cm³/mol. The lowest BCUT2D eigenvalue weighted by molar-refractivity contribution is -0.384. The minimum absolute atomic E-state index is 0.194. The van der Waals surface area contributed by atoms with E-state index in [0.717, 1.165) is 35.2 Å². The molecular formula is C24H15F3N2O5. The zero-order chi connectivity index (χ0) is 24.6. The van der Waals surface area contributed by atoms with Crippen LogP contribution < -0.4 is 4.90 Å². The Hall–Kier alpha value is -4.47. The van der Waals surface area contributed by atoms with Gasteiger partial charge in [0.25, 0.3) is 17.4 Å². The molecule has 3 aromatic rings. The maximum atomic E-state index is 13.3. The van der Waals surface area contributed by atoms with Crippen LogP contribution in [0.25, 0.3) is 5.76 Å². The van der Waals surface area contributed by atoms with Crippen molar-refractivity contribution in [2.75, 3.05) is 4.90 Å². The van der Waals surface area contributed by atoms with E-state index in [1.807, 2.05) is 0 Å². The Morgan fingerprint density at radius 2 is 1.59 bits per heavy atom. The smallest absolute Gasteiger partial charge is 0.416 e. The van der Waals surface area contributed by atoms with Gasteiger partial charge in [-0.25, -0.2) is 0 Å². The number of non-ortho nitro benzene ring substituents is 1. The SMILES string of the molecule is O=C1C(=O)N(c2cccc(C(F)(F)F)c2)[C@H](c2ccc([N+](=O)[O-])cc2)/C1=C(/O)c1ccccc1. The molecule has 0 saturated carbocycles. The zero-order valence-corrected chi connectivity index (χ0v) is 17.2. The Labute approximate surface area is 190 Å². The van der Waals surface area contributed by atoms with Gasteiger partial charge < -0.3 is 5.11 Å². The molecule has 7 nitrogen and oxygen atoms in total. The summed E-state index contributed by atoms with van der Waals surface area (Å²) in [7, 11) is 0. The first kappa shape index (κ1) is 22.7. The Balaban J connectivity index is 1.94. The first-order chi connectivity index (χ1) is 16.1. The van der Waals surface area contributed by atoms with Gasteiger partial charge in [-0.2, -0.15) is 13.2 Å². The Morgan fingerprint density at radius 1 is 0.941 bits per heavy atom. The second kappa shape index (κ2) is 8.47. The van der Waals surface area contributed by atoms with Gasteiger partial charge in [-0.15, -0.1) is 0 Å². The third kappa shape index (κ3) is 4.01. The summed E-state index contributed by atoms with van der Waals surface area (Å²) in [5.74, 6) is -2.75. The summed E-state index contributed by atoms with van der Waals surface area (Å²) in [5, 5.41) is 22.0. The minimum Gasteiger partial charge on any atom is -0.507 e. The minimum atomic E-state index is -4.70. The molecule has 0 aliphatic carbocycles. The molecule has 4 rings (SSSR count). The summed E-state index contributed by atoms with van der Waals surface area (Å²) in [6.45, 7) is 0. The van der Waals surface area contributed by atoms with Gasteiger partial charge in [-0.1, -0.05) is 36.4 Å². The first-order valence-electron chi connectivity index (χ1n) is 9.87. The van der Waals surface area contributed by atoms with Crippen molar-refractivity contribution in [3.63, 3.8) is 0 Å². The molecular weight excluding hydrogens is 453 g/mol. The van der Waals surface area contributed by atoms with E-state index in [-0.39, 0.29) is 28.1 Å². The molecule has 1 amide bonds. The molecule has 34 heavy (non-hydrogen) atoms. The number of nitrogens with zero attached hydrogens (tertiary/aromatic N) is 2. The molecule has 10 heteroatoms. The lowest BCUT2D eigenvalue weighted by Gasteiger charge is -2.26. The van der Waals surface area contributed by atoms with E-state index in [1.54, 1.807) is 18.2 Å². The molecule has 1 saturated heterocycles. The number of aliphatic hydroxyl groups is 1. The number of halogens is 3. The number of amides is 1. The molecule has 0 spiro atoms. The van der Waals surface area contributed by atoms with Crippen LogP contribution in [0.3, 0.4) is 0 Å². The van der Waals surface area contributed by atoms with E-state index in [2.05, 4.69) is 0 Å². The molecule has 1 heterocycles. The Morgan fingerprint density at radius 3 is 2.18 bits per heavy atom. The van der Waals surface area contributed by atoms with E-state index < -0.39 is 40.2 Å². The van der Waals surface area contributed by atoms with Crippen molar-refractivity contribution in [2.45, 2.75) is 12.2 Å². The normalized spacial score (nSPS) is 17.7. The molecule has 0 aromatic heterocycles. The van der Waals surface area contributed by atoms with Crippen molar-refractivity contribution in [2.24, 2.45) is 0 Å². The zero-order valence-electron chi connectivity index (χ0n) is 17.2. The standard InChI is InChI=1S/C24H15F3N2O5/c25-24(26,27)16-7-4-8-18(13-16)28-20(14-9-11-17(12-10-14)29(33)34)19(22(31)23(28)32)21(30)15-5-2-1-3-6-15/h1-13,20,30H/b21-19-/t20-/m1/s1. The second-order valence-corrected chi connectivity index (χ2v) is 7.43. The average molecular weight is 468 g/mol. The number of carbonyl (C=O) groups is 2. The van der Waals surface area contributed by atoms with Crippen molar-refractivity contribution in [1.29, 1.82) is 0 Å². The van der Waals surface area contributed by atoms with Crippen molar-refractivity contribution in [3.05, 3.63) is 111 Å². The highest BCUT2D eigenvalue weighted by molar-refractivity contribution is 6.51. The number of Topliss-reactive ketones (excluding diaryl/α,β-unsaturated/α-hetero) is 1. The number of ketones is 1. The molecule has 0 bridgehead atoms. The van der Waals surface area contributed by atoms with Gasteiger partial charge in [0.1, 0.15) is 5.76 Å². The summed E-state index contributed by atoms with van der Waals surface area (Å²) < 4.78 is 39.9. The molecule has 0 radical (unpaired) electrons. The van der Waals surface area contributed by atoms with E-state index in [9.17, 15) is 38.0 Å². The van der Waals surface area contributed by atoms with Crippen LogP contribution in [-0.4, -0.2) is 21.7 Å². The molecule has 1 fully saturated rings. The first-order valence-corrected chi connectivity index (χ1v) is 9.87. The Bertz CT molecular complexity index is 1320. The summed E-state index contributed by atoms with van der Waals surface area (Å²) in [6.07, 6.45) is -4.70. The van der Waals surface area contributed by atoms with E-state index in [0.29, 0.717) is 0 Å². The number of hydrogen-bond donors (Lipinski definition) is 1. The van der Waals surface area contributed by atoms with Gasteiger partial charge in [0.2, 0.25) is 0 Å². The van der Waals surface area contributed by atoms with E-state index in [4.69, 9.17) is 0 Å². The van der Waals surface area contributed by atoms with Crippen molar-refractivity contribution >= 4 is 28.8 Å². The van der Waals surface area contributed by atoms with Crippen molar-refractivity contribution in [3.8, 4) is 0 Å². The average Bonchev–Trinajstić information content (AvgIpc) is 3.09. The van der Waals surface area contributed by atoms with Crippen LogP contribution in [0, 0.1) is 10.1 Å². The number of rotatable bonds is 4. The van der Waals surface area contributed by atoms with Gasteiger partial charge in [-0.3, -0.25) is 24.6 Å². The molecule has 1 N–H and O–H groups in total. The monoisotopic (exact) mass is 468 g/mol. The summed E-state index contributed by atoms with van der Waals surface area (Å²) in [5.41, 5.74) is -1.44. The van der Waals surface area contributed by atoms with Gasteiger partial charge in [0.05, 0.1) is 22.1 Å². The summed E-state index contributed by atoms with van der Waals surface area (Å²) in [4.78, 5) is 37.3. The van der Waals surface area contributed by atoms with Gasteiger partial charge in [0.15, 0.2) is 0 Å². The van der Waals surface area contributed by atoms with Gasteiger partial charge in [0, 0.05) is 23.4 Å². The number of carbonyl (C=O) groups excluding carboxylic acids is 2. The number of aliphatic hydroxyl groups excluding tert-OH is 1. The molecule has 0 unspecified atom stereocenters. The van der Waals surface area contributed by atoms with Crippen LogP contribution in [0.2, 0.25) is 0 Å². The lowest BCUT2D eigenvalue weighted by atomic mass is 9.95. The second-order valence-electron chi connectivity index (χ2n) is 7.43. The van der Waals surface area contributed by atoms with Gasteiger partial charge >= 0.3 is 6.18 Å². The maximum absolute atomic E-state index is 13.3. The molecule has 1 aliphatic rings. The highest BCUT2D eigenvalue weighted by atomic mass is 19.4. The number of nitro groups is 1. The summed E-state index contributed by atoms with van der Waals surface area (Å²) in [6, 6.07) is 15.3. The third-order valence-electron chi connectivity index (χ3n) is 5.36. The van der Waals surface area contributed by atoms with Crippen LogP contribution in [0.15, 0.2) is 84.4 Å². The highest BCUT2D eigenvalue weighted by Gasteiger charge is 2.47. The van der Waals surface area contributed by atoms with Crippen LogP contribution in [0.5, 0.6) is 0 Å². The lowest BCUT2D eigenvalue weighted by Crippen LogP contribution is -2.29. The fourth-order valence-electron chi connectivity index (χ4n) is 3.78. The van der Waals surface area contributed by atoms with E-state index in [1.165, 1.54) is 30.3 Å². The van der Waals surface area contributed by atoms with Crippen LogP contribution >= 0.6 is 0 Å². The molecule has 1 aliphatic heterocycles. The Kier molecular flexibility index (Phi) is 5.66. The number of hydrogen-bond acceptors (Lipinski definition) is 5. The highest BCUT2D eigenvalue weighted by Crippen LogP contribution is 2.43. The molecule has 3 aromatic carbocycles. The quantitative estimate of drug-likeness (QED) is 0.186. The van der Waals surface area contributed by atoms with Crippen LogP contribution in [-0.2, 0) is 15.8 Å². The number of nitro benzene ring substituents is 1. The van der Waals surface area contributed by atoms with Crippen LogP contribution in [0.1, 0.15) is 22.7 Å². The maximum Gasteiger partial charge on any atom is 0.416 e. The largest absolute Gasteiger partial charge is 0.507 e. The van der Waals surface area contributed by atoms with Gasteiger partial charge in [-0.05, 0) is 35.9 Å². The predicted octanol–water partition coefficient (Wildman–Crippen LogP) is 5.24. The number of anilines is 1. The number of alkyl halides is 3. The fourth-order valence-corrected chi connectivity index (χ4v) is 3.78. The molecule has 1 atom stereocenters. The van der Waals surface area contributed by atoms with Crippen molar-refractivity contribution in [1.82, 2.24) is 0 Å². The van der Waals surface area contributed by atoms with E-state index >= 15 is 0 Å².